The SMILES string of the molecule is O.O.O.O.O.O.[Ce]. The fourth-order valence-electron chi connectivity index (χ4n) is 0. The fraction of sp³-hybridized carbons (Fsp3) is 0. The first kappa shape index (κ1) is 321. The first-order chi connectivity index (χ1) is 0. The zero-order valence-corrected chi connectivity index (χ0v) is 6.64. The molecule has 0 heterocycles. The average Bonchev–Trinajstić information content (AvgIpc) is 0. The van der Waals surface area contributed by atoms with Crippen molar-refractivity contribution in [3.8, 4) is 0 Å². The second-order valence-electron chi connectivity index (χ2n) is 0. The van der Waals surface area contributed by atoms with Crippen LogP contribution in [-0.2, 0) is 0 Å². The van der Waals surface area contributed by atoms with Crippen LogP contribution < -0.4 is 0 Å². The first-order valence-corrected chi connectivity index (χ1v) is 0. The molecule has 7 heteroatoms. The molecule has 0 bridgehead atoms. The van der Waals surface area contributed by atoms with Gasteiger partial charge in [-0.25, -0.2) is 0 Å². The van der Waals surface area contributed by atoms with Crippen molar-refractivity contribution in [2.45, 2.75) is 0 Å². The molecule has 0 aliphatic carbocycles. The Morgan fingerprint density at radius 2 is 0.286 bits per heavy atom. The molecule has 6 nitrogen and oxygen atoms in total. The van der Waals surface area contributed by atoms with Crippen LogP contribution in [0.1, 0.15) is 0 Å². The van der Waals surface area contributed by atoms with Gasteiger partial charge >= 0.3 is 0 Å². The Bertz CT molecular complexity index is 4.14. The van der Waals surface area contributed by atoms with Crippen molar-refractivity contribution in [2.75, 3.05) is 0 Å². The second kappa shape index (κ2) is 208. The van der Waals surface area contributed by atoms with Crippen LogP contribution >= 0.6 is 0 Å². The number of hydrogen-bond acceptors (Lipinski definition) is 0. The summed E-state index contributed by atoms with van der Waals surface area (Å²) in [5.41, 5.74) is 0. The maximum atomic E-state index is 0. The van der Waals surface area contributed by atoms with Crippen molar-refractivity contribution < 1.29 is 74.6 Å². The van der Waals surface area contributed by atoms with Crippen LogP contribution in [0.3, 0.4) is 0 Å². The van der Waals surface area contributed by atoms with Crippen LogP contribution in [0.2, 0.25) is 0 Å². The van der Waals surface area contributed by atoms with Gasteiger partial charge in [-0.1, -0.05) is 0 Å². The van der Waals surface area contributed by atoms with Crippen LogP contribution in [0.25, 0.3) is 0 Å². The van der Waals surface area contributed by atoms with E-state index in [1.54, 1.807) is 0 Å². The second-order valence-corrected chi connectivity index (χ2v) is 0. The normalized spacial score (nSPS) is 0. The van der Waals surface area contributed by atoms with Crippen LogP contribution in [0.15, 0.2) is 0 Å². The smallest absolute Gasteiger partial charge is 0 e. The van der Waals surface area contributed by atoms with Crippen LogP contribution in [-0.4, -0.2) is 32.9 Å². The van der Waals surface area contributed by atoms with E-state index in [1.807, 2.05) is 0 Å². The molecule has 0 aromatic carbocycles. The molecule has 0 aromatic heterocycles. The third kappa shape index (κ3) is 146. The van der Waals surface area contributed by atoms with Crippen molar-refractivity contribution >= 4 is 0 Å². The van der Waals surface area contributed by atoms with Gasteiger partial charge in [0.05, 0.1) is 0 Å². The zero-order chi connectivity index (χ0) is 0. The van der Waals surface area contributed by atoms with Gasteiger partial charge < -0.3 is 32.9 Å². The molecule has 0 fully saturated rings. The molecule has 0 aliphatic rings. The topological polar surface area (TPSA) is 189 Å². The largest absolute Gasteiger partial charge is 0.412 e. The molecule has 12 N–H and O–H groups in total. The van der Waals surface area contributed by atoms with Gasteiger partial charge in [-0.2, -0.15) is 0 Å². The molecule has 0 aromatic rings. The molecule has 0 spiro atoms. The minimum atomic E-state index is 0. The van der Waals surface area contributed by atoms with Gasteiger partial charge in [-0.15, -0.1) is 0 Å². The van der Waals surface area contributed by atoms with Crippen molar-refractivity contribution in [3.63, 3.8) is 0 Å². The summed E-state index contributed by atoms with van der Waals surface area (Å²) in [6.45, 7) is 0. The van der Waals surface area contributed by atoms with Gasteiger partial charge in [0.2, 0.25) is 0 Å². The van der Waals surface area contributed by atoms with Crippen molar-refractivity contribution in [2.24, 2.45) is 0 Å². The Hall–Kier alpha value is 1.14. The zero-order valence-electron chi connectivity index (χ0n) is 3.50. The van der Waals surface area contributed by atoms with Crippen molar-refractivity contribution in [3.05, 3.63) is 0 Å². The molecular formula is H12CeO6. The van der Waals surface area contributed by atoms with E-state index in [2.05, 4.69) is 0 Å². The third-order valence-corrected chi connectivity index (χ3v) is 0. The molecule has 0 saturated carbocycles. The van der Waals surface area contributed by atoms with Crippen LogP contribution in [0, 0.1) is 41.7 Å². The van der Waals surface area contributed by atoms with E-state index in [0.717, 1.165) is 0 Å². The summed E-state index contributed by atoms with van der Waals surface area (Å²) in [4.78, 5) is 0. The molecule has 0 amide bonds. The number of hydrogen-bond donors (Lipinski definition) is 0. The first-order valence-electron chi connectivity index (χ1n) is 0. The average molecular weight is 248 g/mol. The Morgan fingerprint density at radius 1 is 0.286 bits per heavy atom. The summed E-state index contributed by atoms with van der Waals surface area (Å²) in [5, 5.41) is 0. The van der Waals surface area contributed by atoms with E-state index in [0.29, 0.717) is 0 Å². The predicted octanol–water partition coefficient (Wildman–Crippen LogP) is -4.95. The van der Waals surface area contributed by atoms with E-state index >= 15 is 0 Å². The van der Waals surface area contributed by atoms with Crippen molar-refractivity contribution in [1.29, 1.82) is 0 Å². The quantitative estimate of drug-likeness (QED) is 0.397. The molecule has 0 radical (unpaired) electrons. The maximum absolute atomic E-state index is 0. The summed E-state index contributed by atoms with van der Waals surface area (Å²) in [7, 11) is 0. The Morgan fingerprint density at radius 3 is 0.286 bits per heavy atom. The monoisotopic (exact) mass is 248 g/mol. The predicted molar refractivity (Wildman–Crippen MR) is 21.7 cm³/mol. The summed E-state index contributed by atoms with van der Waals surface area (Å²) in [5.74, 6) is 0. The van der Waals surface area contributed by atoms with E-state index < -0.39 is 0 Å². The molecule has 0 atom stereocenters. The van der Waals surface area contributed by atoms with Crippen molar-refractivity contribution in [1.82, 2.24) is 0 Å². The Labute approximate surface area is 74.1 Å². The Balaban J connectivity index is 0. The van der Waals surface area contributed by atoms with Gasteiger partial charge in [0.25, 0.3) is 0 Å². The maximum Gasteiger partial charge on any atom is 0 e. The van der Waals surface area contributed by atoms with Gasteiger partial charge in [-0.3, -0.25) is 0 Å². The fourth-order valence-corrected chi connectivity index (χ4v) is 0. The van der Waals surface area contributed by atoms with E-state index in [-0.39, 0.29) is 74.6 Å². The van der Waals surface area contributed by atoms with Crippen LogP contribution in [0.5, 0.6) is 0 Å². The molecular weight excluding hydrogens is 236 g/mol. The summed E-state index contributed by atoms with van der Waals surface area (Å²) >= 11 is 0. The summed E-state index contributed by atoms with van der Waals surface area (Å²) in [6.07, 6.45) is 0. The van der Waals surface area contributed by atoms with E-state index in [1.165, 1.54) is 0 Å². The third-order valence-electron chi connectivity index (χ3n) is 0. The molecule has 0 unspecified atom stereocenters. The Kier molecular flexibility index (Phi) is 9530. The molecule has 7 heavy (non-hydrogen) atoms. The molecule has 0 saturated heterocycles. The number of rotatable bonds is 0. The minimum Gasteiger partial charge on any atom is -0.412 e. The van der Waals surface area contributed by atoms with Gasteiger partial charge in [0.15, 0.2) is 0 Å². The van der Waals surface area contributed by atoms with Crippen LogP contribution in [0.4, 0.5) is 0 Å². The van der Waals surface area contributed by atoms with E-state index in [4.69, 9.17) is 0 Å². The minimum absolute atomic E-state index is 0. The summed E-state index contributed by atoms with van der Waals surface area (Å²) in [6, 6.07) is 0. The molecule has 0 rings (SSSR count). The summed E-state index contributed by atoms with van der Waals surface area (Å²) < 4.78 is 0. The van der Waals surface area contributed by atoms with Gasteiger partial charge in [0.1, 0.15) is 0 Å². The molecule has 52 valence electrons. The van der Waals surface area contributed by atoms with E-state index in [9.17, 15) is 0 Å². The van der Waals surface area contributed by atoms with Gasteiger partial charge in [0, 0.05) is 41.7 Å². The van der Waals surface area contributed by atoms with Gasteiger partial charge in [-0.05, 0) is 0 Å². The molecule has 0 aliphatic heterocycles. The standard InChI is InChI=1S/Ce.6H2O/h;6*1H2.